The van der Waals surface area contributed by atoms with Gasteiger partial charge in [0.15, 0.2) is 11.8 Å². The summed E-state index contributed by atoms with van der Waals surface area (Å²) in [6.07, 6.45) is 6.49. The second kappa shape index (κ2) is 7.26. The van der Waals surface area contributed by atoms with E-state index in [1.54, 1.807) is 13.2 Å². The maximum absolute atomic E-state index is 4.32. The summed E-state index contributed by atoms with van der Waals surface area (Å²) in [6.45, 7) is 2.31. The third kappa shape index (κ3) is 3.69. The Hall–Kier alpha value is -2.38. The van der Waals surface area contributed by atoms with Crippen LogP contribution in [-0.2, 0) is 33.1 Å². The summed E-state index contributed by atoms with van der Waals surface area (Å²) in [5.41, 5.74) is 1.10. The van der Waals surface area contributed by atoms with Gasteiger partial charge in [0.2, 0.25) is 0 Å². The summed E-state index contributed by atoms with van der Waals surface area (Å²) < 4.78 is 4.09. The van der Waals surface area contributed by atoms with Crippen LogP contribution in [0, 0.1) is 0 Å². The number of nitrogens with one attached hydrogen (secondary N) is 2. The lowest BCUT2D eigenvalue weighted by Crippen LogP contribution is -2.37. The Morgan fingerprint density at radius 2 is 2.09 bits per heavy atom. The van der Waals surface area contributed by atoms with Crippen molar-refractivity contribution in [3.8, 4) is 0 Å². The Morgan fingerprint density at radius 3 is 2.87 bits per heavy atom. The number of fused-ring (bicyclic) bond motifs is 1. The van der Waals surface area contributed by atoms with Gasteiger partial charge in [-0.1, -0.05) is 6.42 Å². The van der Waals surface area contributed by atoms with Gasteiger partial charge in [0, 0.05) is 33.3 Å². The summed E-state index contributed by atoms with van der Waals surface area (Å²) in [6, 6.07) is 1.98. The van der Waals surface area contributed by atoms with E-state index in [-0.39, 0.29) is 0 Å². The number of guanidine groups is 1. The normalized spacial score (nSPS) is 15.1. The summed E-state index contributed by atoms with van der Waals surface area (Å²) >= 11 is 0. The highest BCUT2D eigenvalue weighted by Crippen LogP contribution is 2.14. The molecule has 0 spiro atoms. The van der Waals surface area contributed by atoms with Crippen molar-refractivity contribution in [2.24, 2.45) is 12.0 Å². The van der Waals surface area contributed by atoms with Crippen LogP contribution in [0.25, 0.3) is 0 Å². The first-order valence-electron chi connectivity index (χ1n) is 8.10. The van der Waals surface area contributed by atoms with E-state index in [1.165, 1.54) is 19.3 Å². The second-order valence-corrected chi connectivity index (χ2v) is 5.72. The van der Waals surface area contributed by atoms with Crippen molar-refractivity contribution in [3.05, 3.63) is 29.6 Å². The number of aromatic nitrogens is 5. The largest absolute Gasteiger partial charge is 0.351 e. The predicted molar refractivity (Wildman–Crippen MR) is 87.8 cm³/mol. The van der Waals surface area contributed by atoms with Crippen LogP contribution < -0.4 is 10.6 Å². The molecular formula is C15H24N8. The first kappa shape index (κ1) is 15.5. The van der Waals surface area contributed by atoms with Gasteiger partial charge in [-0.2, -0.15) is 5.10 Å². The molecule has 124 valence electrons. The molecule has 2 aromatic rings. The molecule has 0 bridgehead atoms. The Morgan fingerprint density at radius 1 is 1.22 bits per heavy atom. The van der Waals surface area contributed by atoms with Gasteiger partial charge >= 0.3 is 0 Å². The molecule has 0 radical (unpaired) electrons. The lowest BCUT2D eigenvalue weighted by molar-refractivity contribution is 0.596. The number of nitrogens with zero attached hydrogens (tertiary/aromatic N) is 6. The van der Waals surface area contributed by atoms with Crippen molar-refractivity contribution < 1.29 is 0 Å². The van der Waals surface area contributed by atoms with Crippen LogP contribution in [0.5, 0.6) is 0 Å². The van der Waals surface area contributed by atoms with E-state index in [1.807, 2.05) is 17.8 Å². The molecular weight excluding hydrogens is 292 g/mol. The molecule has 2 aromatic heterocycles. The molecule has 23 heavy (non-hydrogen) atoms. The lowest BCUT2D eigenvalue weighted by atomic mass is 10.2. The molecule has 8 heteroatoms. The molecule has 1 aliphatic rings. The summed E-state index contributed by atoms with van der Waals surface area (Å²) in [7, 11) is 3.70. The van der Waals surface area contributed by atoms with Crippen molar-refractivity contribution in [1.82, 2.24) is 35.2 Å². The maximum atomic E-state index is 4.32. The predicted octanol–water partition coefficient (Wildman–Crippen LogP) is 0.603. The molecule has 0 aromatic carbocycles. The average Bonchev–Trinajstić information content (AvgIpc) is 3.06. The van der Waals surface area contributed by atoms with Crippen molar-refractivity contribution in [2.75, 3.05) is 7.05 Å². The quantitative estimate of drug-likeness (QED) is 0.637. The van der Waals surface area contributed by atoms with Gasteiger partial charge in [0.1, 0.15) is 5.82 Å². The fourth-order valence-corrected chi connectivity index (χ4v) is 2.81. The van der Waals surface area contributed by atoms with Crippen LogP contribution in [0.15, 0.2) is 17.3 Å². The monoisotopic (exact) mass is 316 g/mol. The fourth-order valence-electron chi connectivity index (χ4n) is 2.81. The van der Waals surface area contributed by atoms with Gasteiger partial charge < -0.3 is 15.2 Å². The number of aliphatic imine (C=N–C) groups is 1. The first-order chi connectivity index (χ1) is 11.3. The summed E-state index contributed by atoms with van der Waals surface area (Å²) in [5.74, 6) is 2.83. The van der Waals surface area contributed by atoms with E-state index in [4.69, 9.17) is 0 Å². The van der Waals surface area contributed by atoms with Crippen molar-refractivity contribution in [1.29, 1.82) is 0 Å². The van der Waals surface area contributed by atoms with Crippen molar-refractivity contribution in [3.63, 3.8) is 0 Å². The van der Waals surface area contributed by atoms with Gasteiger partial charge in [0.05, 0.1) is 18.8 Å². The number of aryl methyl sites for hydroxylation is 2. The molecule has 0 aliphatic carbocycles. The Balaban J connectivity index is 1.56. The third-order valence-electron chi connectivity index (χ3n) is 4.18. The molecule has 0 atom stereocenters. The van der Waals surface area contributed by atoms with E-state index >= 15 is 0 Å². The molecule has 2 N–H and O–H groups in total. The Kier molecular flexibility index (Phi) is 4.89. The van der Waals surface area contributed by atoms with Gasteiger partial charge in [-0.25, -0.2) is 0 Å². The highest BCUT2D eigenvalue weighted by molar-refractivity contribution is 5.79. The van der Waals surface area contributed by atoms with E-state index in [0.29, 0.717) is 13.1 Å². The topological polar surface area (TPSA) is 84.9 Å². The molecule has 3 rings (SSSR count). The number of hydrogen-bond donors (Lipinski definition) is 2. The number of hydrogen-bond acceptors (Lipinski definition) is 4. The van der Waals surface area contributed by atoms with Crippen LogP contribution in [0.2, 0.25) is 0 Å². The van der Waals surface area contributed by atoms with E-state index in [0.717, 1.165) is 36.3 Å². The first-order valence-corrected chi connectivity index (χ1v) is 8.10. The van der Waals surface area contributed by atoms with Gasteiger partial charge in [-0.05, 0) is 18.9 Å². The molecule has 3 heterocycles. The van der Waals surface area contributed by atoms with Crippen LogP contribution >= 0.6 is 0 Å². The maximum Gasteiger partial charge on any atom is 0.191 e. The highest BCUT2D eigenvalue weighted by atomic mass is 15.3. The SMILES string of the molecule is CN=C(NCc1ccnn1C)NCc1nnc2n1CCCCC2. The lowest BCUT2D eigenvalue weighted by Gasteiger charge is -2.12. The summed E-state index contributed by atoms with van der Waals surface area (Å²) in [4.78, 5) is 4.25. The third-order valence-corrected chi connectivity index (χ3v) is 4.18. The zero-order valence-electron chi connectivity index (χ0n) is 13.8. The molecule has 1 aliphatic heterocycles. The zero-order chi connectivity index (χ0) is 16.1. The van der Waals surface area contributed by atoms with E-state index < -0.39 is 0 Å². The van der Waals surface area contributed by atoms with Crippen molar-refractivity contribution in [2.45, 2.75) is 45.3 Å². The molecule has 0 saturated heterocycles. The van der Waals surface area contributed by atoms with Crippen LogP contribution in [0.1, 0.15) is 36.6 Å². The van der Waals surface area contributed by atoms with Crippen LogP contribution in [0.4, 0.5) is 0 Å². The minimum absolute atomic E-state index is 0.623. The van der Waals surface area contributed by atoms with Crippen LogP contribution in [0.3, 0.4) is 0 Å². The molecule has 0 unspecified atom stereocenters. The Bertz CT molecular complexity index is 669. The summed E-state index contributed by atoms with van der Waals surface area (Å²) in [5, 5.41) is 19.4. The van der Waals surface area contributed by atoms with E-state index in [9.17, 15) is 0 Å². The fraction of sp³-hybridized carbons (Fsp3) is 0.600. The molecule has 0 saturated carbocycles. The van der Waals surface area contributed by atoms with Gasteiger partial charge in [0.25, 0.3) is 0 Å². The highest BCUT2D eigenvalue weighted by Gasteiger charge is 2.14. The molecule has 0 fully saturated rings. The minimum Gasteiger partial charge on any atom is -0.351 e. The van der Waals surface area contributed by atoms with E-state index in [2.05, 4.69) is 35.5 Å². The minimum atomic E-state index is 0.623. The molecule has 8 nitrogen and oxygen atoms in total. The average molecular weight is 316 g/mol. The second-order valence-electron chi connectivity index (χ2n) is 5.72. The van der Waals surface area contributed by atoms with Crippen molar-refractivity contribution >= 4 is 5.96 Å². The van der Waals surface area contributed by atoms with Gasteiger partial charge in [-0.15, -0.1) is 10.2 Å². The van der Waals surface area contributed by atoms with Crippen LogP contribution in [-0.4, -0.2) is 37.6 Å². The smallest absolute Gasteiger partial charge is 0.191 e. The van der Waals surface area contributed by atoms with Gasteiger partial charge in [-0.3, -0.25) is 9.67 Å². The molecule has 0 amide bonds. The Labute approximate surface area is 136 Å². The zero-order valence-corrected chi connectivity index (χ0v) is 13.8. The standard InChI is InChI=1S/C15H24N8/c1-16-15(17-10-12-7-8-19-22(12)2)18-11-14-21-20-13-6-4-3-5-9-23(13)14/h7-8H,3-6,9-11H2,1-2H3,(H2,16,17,18). The number of rotatable bonds is 4.